The second kappa shape index (κ2) is 6.80. The van der Waals surface area contributed by atoms with E-state index in [1.165, 1.54) is 31.6 Å². The van der Waals surface area contributed by atoms with Gasteiger partial charge in [-0.25, -0.2) is 14.8 Å². The van der Waals surface area contributed by atoms with Gasteiger partial charge in [-0.15, -0.1) is 0 Å². The largest absolute Gasteiger partial charge is 0.464 e. The van der Waals surface area contributed by atoms with Crippen LogP contribution in [0.3, 0.4) is 0 Å². The number of hydrogen-bond donors (Lipinski definition) is 0. The van der Waals surface area contributed by atoms with Gasteiger partial charge in [0.15, 0.2) is 5.89 Å². The molecule has 0 radical (unpaired) electrons. The Kier molecular flexibility index (Phi) is 4.83. The van der Waals surface area contributed by atoms with Crippen LogP contribution >= 0.6 is 0 Å². The standard InChI is InChI=1S/C16H16N2O4/c1-10(2)15-18-13(9-22-15)14(19)8-7-11-5-4-6-12(17-11)16(20)21-3/h4-10H,1-3H3/b8-7+. The summed E-state index contributed by atoms with van der Waals surface area (Å²) in [6, 6.07) is 4.88. The summed E-state index contributed by atoms with van der Waals surface area (Å²) < 4.78 is 9.82. The maximum Gasteiger partial charge on any atom is 0.356 e. The van der Waals surface area contributed by atoms with E-state index >= 15 is 0 Å². The number of oxazole rings is 1. The fraction of sp³-hybridized carbons (Fsp3) is 0.250. The van der Waals surface area contributed by atoms with Crippen LogP contribution in [-0.2, 0) is 4.74 Å². The predicted molar refractivity (Wildman–Crippen MR) is 79.5 cm³/mol. The third kappa shape index (κ3) is 3.66. The zero-order valence-corrected chi connectivity index (χ0v) is 12.6. The van der Waals surface area contributed by atoms with Crippen molar-refractivity contribution in [3.63, 3.8) is 0 Å². The first-order valence-corrected chi connectivity index (χ1v) is 6.74. The Morgan fingerprint density at radius 1 is 1.23 bits per heavy atom. The molecule has 0 saturated heterocycles. The topological polar surface area (TPSA) is 82.3 Å². The van der Waals surface area contributed by atoms with Crippen molar-refractivity contribution < 1.29 is 18.7 Å². The van der Waals surface area contributed by atoms with Crippen molar-refractivity contribution in [2.45, 2.75) is 19.8 Å². The van der Waals surface area contributed by atoms with Crippen LogP contribution in [0, 0.1) is 0 Å². The molecule has 0 saturated carbocycles. The summed E-state index contributed by atoms with van der Waals surface area (Å²) in [4.78, 5) is 31.6. The lowest BCUT2D eigenvalue weighted by molar-refractivity contribution is 0.0594. The van der Waals surface area contributed by atoms with Gasteiger partial charge in [-0.1, -0.05) is 19.9 Å². The minimum absolute atomic E-state index is 0.115. The lowest BCUT2D eigenvalue weighted by Crippen LogP contribution is -2.04. The number of carbonyl (C=O) groups is 2. The fourth-order valence-corrected chi connectivity index (χ4v) is 1.67. The van der Waals surface area contributed by atoms with E-state index in [1.807, 2.05) is 13.8 Å². The highest BCUT2D eigenvalue weighted by Crippen LogP contribution is 2.14. The second-order valence-electron chi connectivity index (χ2n) is 4.86. The van der Waals surface area contributed by atoms with Crippen molar-refractivity contribution >= 4 is 17.8 Å². The number of aromatic nitrogens is 2. The van der Waals surface area contributed by atoms with Gasteiger partial charge < -0.3 is 9.15 Å². The molecule has 6 heteroatoms. The van der Waals surface area contributed by atoms with Crippen LogP contribution in [0.25, 0.3) is 6.08 Å². The molecule has 6 nitrogen and oxygen atoms in total. The van der Waals surface area contributed by atoms with Crippen LogP contribution in [0.15, 0.2) is 35.0 Å². The summed E-state index contributed by atoms with van der Waals surface area (Å²) in [6.07, 6.45) is 4.18. The maximum absolute atomic E-state index is 12.0. The van der Waals surface area contributed by atoms with Gasteiger partial charge in [0.2, 0.25) is 5.78 Å². The van der Waals surface area contributed by atoms with Gasteiger partial charge >= 0.3 is 5.97 Å². The van der Waals surface area contributed by atoms with Gasteiger partial charge in [-0.3, -0.25) is 4.79 Å². The molecule has 0 spiro atoms. The molecule has 2 rings (SSSR count). The molecule has 0 bridgehead atoms. The fourth-order valence-electron chi connectivity index (χ4n) is 1.67. The number of hydrogen-bond acceptors (Lipinski definition) is 6. The van der Waals surface area contributed by atoms with E-state index in [9.17, 15) is 9.59 Å². The third-order valence-electron chi connectivity index (χ3n) is 2.84. The smallest absolute Gasteiger partial charge is 0.356 e. The number of methoxy groups -OCH3 is 1. The Morgan fingerprint density at radius 3 is 2.64 bits per heavy atom. The summed E-state index contributed by atoms with van der Waals surface area (Å²) in [5, 5.41) is 0. The average molecular weight is 300 g/mol. The van der Waals surface area contributed by atoms with Crippen LogP contribution in [-0.4, -0.2) is 28.8 Å². The number of carbonyl (C=O) groups excluding carboxylic acids is 2. The number of allylic oxidation sites excluding steroid dienone is 1. The molecule has 0 aliphatic heterocycles. The SMILES string of the molecule is COC(=O)c1cccc(/C=C/C(=O)c2coc(C(C)C)n2)n1. The Balaban J connectivity index is 2.13. The zero-order chi connectivity index (χ0) is 16.1. The summed E-state index contributed by atoms with van der Waals surface area (Å²) in [7, 11) is 1.28. The van der Waals surface area contributed by atoms with E-state index in [1.54, 1.807) is 12.1 Å². The number of pyridine rings is 1. The van der Waals surface area contributed by atoms with Crippen molar-refractivity contribution in [2.75, 3.05) is 7.11 Å². The third-order valence-corrected chi connectivity index (χ3v) is 2.84. The molecule has 2 aromatic rings. The molecular weight excluding hydrogens is 284 g/mol. The number of esters is 1. The van der Waals surface area contributed by atoms with E-state index in [-0.39, 0.29) is 23.1 Å². The van der Waals surface area contributed by atoms with E-state index in [2.05, 4.69) is 14.7 Å². The van der Waals surface area contributed by atoms with Crippen molar-refractivity contribution in [2.24, 2.45) is 0 Å². The summed E-state index contributed by atoms with van der Waals surface area (Å²) in [5.74, 6) is -0.188. The van der Waals surface area contributed by atoms with Gasteiger partial charge in [0.05, 0.1) is 12.8 Å². The molecule has 0 amide bonds. The number of ketones is 1. The second-order valence-corrected chi connectivity index (χ2v) is 4.86. The highest BCUT2D eigenvalue weighted by molar-refractivity contribution is 6.05. The first kappa shape index (κ1) is 15.6. The van der Waals surface area contributed by atoms with E-state index in [4.69, 9.17) is 4.42 Å². The molecule has 0 fully saturated rings. The van der Waals surface area contributed by atoms with E-state index in [0.717, 1.165) is 0 Å². The molecule has 114 valence electrons. The summed E-state index contributed by atoms with van der Waals surface area (Å²) in [5.41, 5.74) is 0.897. The van der Waals surface area contributed by atoms with E-state index < -0.39 is 5.97 Å². The molecule has 0 unspecified atom stereocenters. The van der Waals surface area contributed by atoms with Crippen LogP contribution in [0.2, 0.25) is 0 Å². The molecule has 0 atom stereocenters. The van der Waals surface area contributed by atoms with Gasteiger partial charge in [0.25, 0.3) is 0 Å². The van der Waals surface area contributed by atoms with Gasteiger partial charge in [-0.05, 0) is 24.3 Å². The lowest BCUT2D eigenvalue weighted by atomic mass is 10.2. The highest BCUT2D eigenvalue weighted by atomic mass is 16.5. The number of nitrogens with zero attached hydrogens (tertiary/aromatic N) is 2. The van der Waals surface area contributed by atoms with Crippen molar-refractivity contribution in [3.8, 4) is 0 Å². The molecule has 2 heterocycles. The van der Waals surface area contributed by atoms with Crippen molar-refractivity contribution in [1.82, 2.24) is 9.97 Å². The maximum atomic E-state index is 12.0. The van der Waals surface area contributed by atoms with Gasteiger partial charge in [0.1, 0.15) is 17.7 Å². The first-order chi connectivity index (χ1) is 10.5. The van der Waals surface area contributed by atoms with Crippen molar-refractivity contribution in [1.29, 1.82) is 0 Å². The minimum atomic E-state index is -0.528. The summed E-state index contributed by atoms with van der Waals surface area (Å²) >= 11 is 0. The molecule has 2 aromatic heterocycles. The van der Waals surface area contributed by atoms with Gasteiger partial charge in [0, 0.05) is 5.92 Å². The zero-order valence-electron chi connectivity index (χ0n) is 12.6. The Bertz CT molecular complexity index is 716. The number of rotatable bonds is 5. The molecule has 0 N–H and O–H groups in total. The molecule has 22 heavy (non-hydrogen) atoms. The normalized spacial score (nSPS) is 11.1. The van der Waals surface area contributed by atoms with Crippen LogP contribution in [0.5, 0.6) is 0 Å². The molecule has 0 aliphatic carbocycles. The minimum Gasteiger partial charge on any atom is -0.464 e. The molecular formula is C16H16N2O4. The van der Waals surface area contributed by atoms with E-state index in [0.29, 0.717) is 11.6 Å². The highest BCUT2D eigenvalue weighted by Gasteiger charge is 2.12. The average Bonchev–Trinajstić information content (AvgIpc) is 3.02. The Hall–Kier alpha value is -2.76. The monoisotopic (exact) mass is 300 g/mol. The first-order valence-electron chi connectivity index (χ1n) is 6.74. The van der Waals surface area contributed by atoms with Crippen molar-refractivity contribution in [3.05, 3.63) is 53.5 Å². The Morgan fingerprint density at radius 2 is 2.00 bits per heavy atom. The summed E-state index contributed by atoms with van der Waals surface area (Å²) in [6.45, 7) is 3.86. The molecule has 0 aliphatic rings. The van der Waals surface area contributed by atoms with Crippen LogP contribution < -0.4 is 0 Å². The molecule has 0 aromatic carbocycles. The van der Waals surface area contributed by atoms with Crippen LogP contribution in [0.1, 0.15) is 52.3 Å². The number of ether oxygens (including phenoxy) is 1. The van der Waals surface area contributed by atoms with Gasteiger partial charge in [-0.2, -0.15) is 0 Å². The predicted octanol–water partition coefficient (Wildman–Crippen LogP) is 2.88. The Labute approximate surface area is 127 Å². The van der Waals surface area contributed by atoms with Crippen LogP contribution in [0.4, 0.5) is 0 Å². The lowest BCUT2D eigenvalue weighted by Gasteiger charge is -1.99. The quantitative estimate of drug-likeness (QED) is 0.479.